The first-order valence-corrected chi connectivity index (χ1v) is 6.01. The highest BCUT2D eigenvalue weighted by atomic mass is 16.3. The summed E-state index contributed by atoms with van der Waals surface area (Å²) in [6.45, 7) is 3.79. The number of nitrogens with zero attached hydrogens (tertiary/aromatic N) is 1. The van der Waals surface area contributed by atoms with Crippen molar-refractivity contribution in [3.63, 3.8) is 0 Å². The lowest BCUT2D eigenvalue weighted by Crippen LogP contribution is -2.10. The van der Waals surface area contributed by atoms with Crippen molar-refractivity contribution in [2.24, 2.45) is 0 Å². The van der Waals surface area contributed by atoms with Crippen LogP contribution in [-0.4, -0.2) is 10.9 Å². The largest absolute Gasteiger partial charge is 0.449 e. The Morgan fingerprint density at radius 2 is 2.06 bits per heavy atom. The lowest BCUT2D eigenvalue weighted by atomic mass is 10.1. The van der Waals surface area contributed by atoms with Crippen molar-refractivity contribution in [1.29, 1.82) is 0 Å². The normalized spacial score (nSPS) is 10.3. The molecular weight excluding hydrogens is 228 g/mol. The number of aromatic nitrogens is 1. The number of carbonyl (C=O) groups is 1. The van der Waals surface area contributed by atoms with Crippen LogP contribution >= 0.6 is 0 Å². The van der Waals surface area contributed by atoms with Crippen LogP contribution in [0.15, 0.2) is 34.9 Å². The summed E-state index contributed by atoms with van der Waals surface area (Å²) in [5, 5.41) is 2.84. The lowest BCUT2D eigenvalue weighted by molar-refractivity contribution is -0.116. The summed E-state index contributed by atoms with van der Waals surface area (Å²) in [5.74, 6) is 0.688. The summed E-state index contributed by atoms with van der Waals surface area (Å²) in [4.78, 5) is 15.7. The fraction of sp³-hybridized carbons (Fsp3) is 0.286. The van der Waals surface area contributed by atoms with Gasteiger partial charge in [-0.25, -0.2) is 4.98 Å². The number of anilines is 1. The van der Waals surface area contributed by atoms with Gasteiger partial charge in [-0.05, 0) is 18.6 Å². The molecule has 1 heterocycles. The molecule has 1 aromatic heterocycles. The van der Waals surface area contributed by atoms with E-state index in [-0.39, 0.29) is 5.91 Å². The average molecular weight is 244 g/mol. The van der Waals surface area contributed by atoms with E-state index in [0.717, 1.165) is 23.4 Å². The maximum Gasteiger partial charge on any atom is 0.224 e. The zero-order chi connectivity index (χ0) is 13.0. The van der Waals surface area contributed by atoms with E-state index in [1.165, 1.54) is 0 Å². The van der Waals surface area contributed by atoms with Crippen LogP contribution < -0.4 is 5.32 Å². The number of hydrogen-bond acceptors (Lipinski definition) is 3. The number of benzene rings is 1. The Morgan fingerprint density at radius 1 is 1.33 bits per heavy atom. The Bertz CT molecular complexity index is 529. The van der Waals surface area contributed by atoms with E-state index in [9.17, 15) is 4.79 Å². The van der Waals surface area contributed by atoms with Gasteiger partial charge in [0.1, 0.15) is 12.0 Å². The Balaban J connectivity index is 2.08. The van der Waals surface area contributed by atoms with Crippen LogP contribution in [0.4, 0.5) is 5.69 Å². The molecule has 0 radical (unpaired) electrons. The molecule has 4 nitrogen and oxygen atoms in total. The molecular formula is C14H16N2O2. The molecule has 0 saturated heterocycles. The summed E-state index contributed by atoms with van der Waals surface area (Å²) in [6, 6.07) is 7.57. The summed E-state index contributed by atoms with van der Waals surface area (Å²) in [7, 11) is 0. The summed E-state index contributed by atoms with van der Waals surface area (Å²) in [5.41, 5.74) is 2.58. The molecule has 2 rings (SSSR count). The molecule has 0 saturated carbocycles. The van der Waals surface area contributed by atoms with Gasteiger partial charge in [0.25, 0.3) is 0 Å². The number of aryl methyl sites for hydroxylation is 1. The van der Waals surface area contributed by atoms with Crippen molar-refractivity contribution >= 4 is 11.6 Å². The predicted molar refractivity (Wildman–Crippen MR) is 70.2 cm³/mol. The lowest BCUT2D eigenvalue weighted by Gasteiger charge is -2.04. The Labute approximate surface area is 106 Å². The minimum absolute atomic E-state index is 0.0440. The molecule has 0 fully saturated rings. The highest BCUT2D eigenvalue weighted by Crippen LogP contribution is 2.20. The second-order valence-electron chi connectivity index (χ2n) is 4.13. The molecule has 1 N–H and O–H groups in total. The molecule has 0 aliphatic heterocycles. The first-order chi connectivity index (χ1) is 8.69. The Hall–Kier alpha value is -2.10. The van der Waals surface area contributed by atoms with E-state index in [4.69, 9.17) is 4.42 Å². The molecule has 94 valence electrons. The first kappa shape index (κ1) is 12.4. The van der Waals surface area contributed by atoms with E-state index in [1.54, 1.807) is 6.26 Å². The second kappa shape index (κ2) is 5.49. The average Bonchev–Trinajstić information content (AvgIpc) is 2.77. The van der Waals surface area contributed by atoms with Gasteiger partial charge in [-0.2, -0.15) is 0 Å². The van der Waals surface area contributed by atoms with Crippen LogP contribution in [0.1, 0.15) is 25.7 Å². The molecule has 0 aliphatic carbocycles. The third-order valence-corrected chi connectivity index (χ3v) is 2.56. The van der Waals surface area contributed by atoms with Crippen LogP contribution in [-0.2, 0) is 4.79 Å². The summed E-state index contributed by atoms with van der Waals surface area (Å²) < 4.78 is 5.16. The zero-order valence-corrected chi connectivity index (χ0v) is 10.6. The third kappa shape index (κ3) is 2.97. The number of nitrogens with one attached hydrogen (secondary N) is 1. The zero-order valence-electron chi connectivity index (χ0n) is 10.6. The minimum Gasteiger partial charge on any atom is -0.449 e. The molecule has 1 amide bonds. The van der Waals surface area contributed by atoms with Gasteiger partial charge < -0.3 is 9.73 Å². The molecule has 4 heteroatoms. The standard InChI is InChI=1S/C14H16N2O2/c1-3-4-14(17)16-12-7-5-11(6-8-12)13-9-18-10(2)15-13/h5-9H,3-4H2,1-2H3,(H,16,17). The van der Waals surface area contributed by atoms with Crippen LogP contribution in [0.25, 0.3) is 11.3 Å². The predicted octanol–water partition coefficient (Wildman–Crippen LogP) is 3.39. The van der Waals surface area contributed by atoms with Crippen molar-refractivity contribution in [3.05, 3.63) is 36.4 Å². The first-order valence-electron chi connectivity index (χ1n) is 6.01. The van der Waals surface area contributed by atoms with Crippen molar-refractivity contribution < 1.29 is 9.21 Å². The molecule has 1 aromatic carbocycles. The van der Waals surface area contributed by atoms with E-state index in [0.29, 0.717) is 12.3 Å². The van der Waals surface area contributed by atoms with Gasteiger partial charge in [0.15, 0.2) is 5.89 Å². The fourth-order valence-electron chi connectivity index (χ4n) is 1.67. The van der Waals surface area contributed by atoms with Crippen LogP contribution in [0.5, 0.6) is 0 Å². The highest BCUT2D eigenvalue weighted by Gasteiger charge is 2.04. The molecule has 18 heavy (non-hydrogen) atoms. The van der Waals surface area contributed by atoms with Gasteiger partial charge in [-0.15, -0.1) is 0 Å². The maximum atomic E-state index is 11.4. The maximum absolute atomic E-state index is 11.4. The quantitative estimate of drug-likeness (QED) is 0.896. The van der Waals surface area contributed by atoms with E-state index >= 15 is 0 Å². The van der Waals surface area contributed by atoms with Gasteiger partial charge in [-0.1, -0.05) is 19.1 Å². The van der Waals surface area contributed by atoms with Crippen LogP contribution in [0.3, 0.4) is 0 Å². The van der Waals surface area contributed by atoms with Gasteiger partial charge >= 0.3 is 0 Å². The number of rotatable bonds is 4. The van der Waals surface area contributed by atoms with Crippen molar-refractivity contribution in [3.8, 4) is 11.3 Å². The third-order valence-electron chi connectivity index (χ3n) is 2.56. The number of carbonyl (C=O) groups excluding carboxylic acids is 1. The molecule has 0 spiro atoms. The summed E-state index contributed by atoms with van der Waals surface area (Å²) >= 11 is 0. The van der Waals surface area contributed by atoms with Crippen molar-refractivity contribution in [2.75, 3.05) is 5.32 Å². The smallest absolute Gasteiger partial charge is 0.224 e. The van der Waals surface area contributed by atoms with E-state index < -0.39 is 0 Å². The molecule has 0 atom stereocenters. The fourth-order valence-corrected chi connectivity index (χ4v) is 1.67. The van der Waals surface area contributed by atoms with E-state index in [1.807, 2.05) is 38.1 Å². The number of hydrogen-bond donors (Lipinski definition) is 1. The highest BCUT2D eigenvalue weighted by molar-refractivity contribution is 5.90. The van der Waals surface area contributed by atoms with Crippen LogP contribution in [0.2, 0.25) is 0 Å². The van der Waals surface area contributed by atoms with Gasteiger partial charge in [-0.3, -0.25) is 4.79 Å². The molecule has 0 unspecified atom stereocenters. The van der Waals surface area contributed by atoms with Crippen molar-refractivity contribution in [2.45, 2.75) is 26.7 Å². The monoisotopic (exact) mass is 244 g/mol. The Kier molecular flexibility index (Phi) is 3.77. The number of oxazole rings is 1. The van der Waals surface area contributed by atoms with E-state index in [2.05, 4.69) is 10.3 Å². The topological polar surface area (TPSA) is 55.1 Å². The van der Waals surface area contributed by atoms with Gasteiger partial charge in [0.2, 0.25) is 5.91 Å². The molecule has 0 bridgehead atoms. The Morgan fingerprint density at radius 3 is 2.61 bits per heavy atom. The molecule has 2 aromatic rings. The van der Waals surface area contributed by atoms with Gasteiger partial charge in [0.05, 0.1) is 0 Å². The summed E-state index contributed by atoms with van der Waals surface area (Å²) in [6.07, 6.45) is 3.02. The molecule has 0 aliphatic rings. The second-order valence-corrected chi connectivity index (χ2v) is 4.13. The van der Waals surface area contributed by atoms with Crippen LogP contribution in [0, 0.1) is 6.92 Å². The SMILES string of the molecule is CCCC(=O)Nc1ccc(-c2coc(C)n2)cc1. The van der Waals surface area contributed by atoms with Gasteiger partial charge in [0, 0.05) is 24.6 Å². The van der Waals surface area contributed by atoms with Crippen molar-refractivity contribution in [1.82, 2.24) is 4.98 Å². The number of amides is 1. The minimum atomic E-state index is 0.0440.